The first-order valence-electron chi connectivity index (χ1n) is 6.20. The van der Waals surface area contributed by atoms with Crippen LogP contribution >= 0.6 is 0 Å². The molecule has 2 heteroatoms. The predicted octanol–water partition coefficient (Wildman–Crippen LogP) is 4.10. The first-order valence-corrected chi connectivity index (χ1v) is 6.20. The number of rotatable bonds is 6. The summed E-state index contributed by atoms with van der Waals surface area (Å²) in [4.78, 5) is 11.4. The molecule has 0 aromatic heterocycles. The fourth-order valence-corrected chi connectivity index (χ4v) is 1.29. The highest BCUT2D eigenvalue weighted by Crippen LogP contribution is 2.10. The molecule has 0 amide bonds. The molecular weight excluding hydrogens is 200 g/mol. The SMILES string of the molecule is CC(C)/C=C/CCCCC(=O)OC(C)(C)C. The maximum atomic E-state index is 11.4. The van der Waals surface area contributed by atoms with Crippen LogP contribution in [-0.4, -0.2) is 11.6 Å². The van der Waals surface area contributed by atoms with Gasteiger partial charge in [-0.25, -0.2) is 0 Å². The number of allylic oxidation sites excluding steroid dienone is 2. The molecule has 0 spiro atoms. The molecule has 0 rings (SSSR count). The Balaban J connectivity index is 3.49. The summed E-state index contributed by atoms with van der Waals surface area (Å²) in [5, 5.41) is 0. The van der Waals surface area contributed by atoms with Gasteiger partial charge in [-0.15, -0.1) is 0 Å². The Morgan fingerprint density at radius 3 is 2.38 bits per heavy atom. The van der Waals surface area contributed by atoms with E-state index in [0.717, 1.165) is 19.3 Å². The van der Waals surface area contributed by atoms with Crippen LogP contribution < -0.4 is 0 Å². The molecule has 16 heavy (non-hydrogen) atoms. The number of unbranched alkanes of at least 4 members (excludes halogenated alkanes) is 2. The quantitative estimate of drug-likeness (QED) is 0.387. The minimum Gasteiger partial charge on any atom is -0.460 e. The van der Waals surface area contributed by atoms with Gasteiger partial charge in [0, 0.05) is 6.42 Å². The van der Waals surface area contributed by atoms with E-state index < -0.39 is 0 Å². The molecule has 2 nitrogen and oxygen atoms in total. The fourth-order valence-electron chi connectivity index (χ4n) is 1.29. The molecule has 0 radical (unpaired) electrons. The van der Waals surface area contributed by atoms with Gasteiger partial charge >= 0.3 is 5.97 Å². The van der Waals surface area contributed by atoms with Gasteiger partial charge in [-0.1, -0.05) is 26.0 Å². The van der Waals surface area contributed by atoms with E-state index >= 15 is 0 Å². The molecule has 0 aromatic carbocycles. The van der Waals surface area contributed by atoms with Gasteiger partial charge in [-0.3, -0.25) is 4.79 Å². The lowest BCUT2D eigenvalue weighted by Gasteiger charge is -2.19. The van der Waals surface area contributed by atoms with Crippen molar-refractivity contribution in [3.05, 3.63) is 12.2 Å². The van der Waals surface area contributed by atoms with E-state index in [4.69, 9.17) is 4.74 Å². The maximum absolute atomic E-state index is 11.4. The van der Waals surface area contributed by atoms with Crippen molar-refractivity contribution in [2.24, 2.45) is 5.92 Å². The summed E-state index contributed by atoms with van der Waals surface area (Å²) in [5.74, 6) is 0.534. The number of carbonyl (C=O) groups excluding carboxylic acids is 1. The van der Waals surface area contributed by atoms with Gasteiger partial charge in [0.2, 0.25) is 0 Å². The van der Waals surface area contributed by atoms with Gasteiger partial charge in [0.05, 0.1) is 0 Å². The zero-order valence-electron chi connectivity index (χ0n) is 11.4. The van der Waals surface area contributed by atoms with Crippen molar-refractivity contribution < 1.29 is 9.53 Å². The molecule has 0 aliphatic carbocycles. The molecule has 0 heterocycles. The van der Waals surface area contributed by atoms with E-state index in [1.165, 1.54) is 0 Å². The second kappa shape index (κ2) is 7.48. The first kappa shape index (κ1) is 15.2. The molecule has 0 fully saturated rings. The van der Waals surface area contributed by atoms with Crippen molar-refractivity contribution in [3.63, 3.8) is 0 Å². The number of carbonyl (C=O) groups is 1. The lowest BCUT2D eigenvalue weighted by molar-refractivity contribution is -0.154. The lowest BCUT2D eigenvalue weighted by Crippen LogP contribution is -2.23. The smallest absolute Gasteiger partial charge is 0.306 e. The van der Waals surface area contributed by atoms with E-state index in [-0.39, 0.29) is 11.6 Å². The van der Waals surface area contributed by atoms with Crippen LogP contribution in [0.5, 0.6) is 0 Å². The van der Waals surface area contributed by atoms with Crippen LogP contribution in [0.1, 0.15) is 60.3 Å². The van der Waals surface area contributed by atoms with E-state index in [9.17, 15) is 4.79 Å². The van der Waals surface area contributed by atoms with Crippen LogP contribution in [0.25, 0.3) is 0 Å². The van der Waals surface area contributed by atoms with E-state index in [2.05, 4.69) is 26.0 Å². The Kier molecular flexibility index (Phi) is 7.11. The zero-order chi connectivity index (χ0) is 12.6. The van der Waals surface area contributed by atoms with Crippen molar-refractivity contribution in [2.75, 3.05) is 0 Å². The second-order valence-electron chi connectivity index (χ2n) is 5.50. The molecular formula is C14H26O2. The normalized spacial score (nSPS) is 12.4. The Labute approximate surface area is 100 Å². The molecule has 0 unspecified atom stereocenters. The van der Waals surface area contributed by atoms with Crippen LogP contribution in [-0.2, 0) is 9.53 Å². The topological polar surface area (TPSA) is 26.3 Å². The van der Waals surface area contributed by atoms with Gasteiger partial charge in [-0.2, -0.15) is 0 Å². The van der Waals surface area contributed by atoms with Crippen LogP contribution in [0.15, 0.2) is 12.2 Å². The van der Waals surface area contributed by atoms with Gasteiger partial charge < -0.3 is 4.74 Å². The molecule has 0 N–H and O–H groups in total. The third kappa shape index (κ3) is 11.3. The van der Waals surface area contributed by atoms with Crippen molar-refractivity contribution in [1.82, 2.24) is 0 Å². The molecule has 0 saturated carbocycles. The molecule has 0 atom stereocenters. The highest BCUT2D eigenvalue weighted by Gasteiger charge is 2.15. The molecule has 0 saturated heterocycles. The average Bonchev–Trinajstić information content (AvgIpc) is 2.07. The lowest BCUT2D eigenvalue weighted by atomic mass is 10.1. The predicted molar refractivity (Wildman–Crippen MR) is 68.3 cm³/mol. The Morgan fingerprint density at radius 2 is 1.88 bits per heavy atom. The largest absolute Gasteiger partial charge is 0.460 e. The average molecular weight is 226 g/mol. The van der Waals surface area contributed by atoms with Crippen LogP contribution in [0, 0.1) is 5.92 Å². The standard InChI is InChI=1S/C14H26O2/c1-12(2)10-8-6-7-9-11-13(15)16-14(3,4)5/h8,10,12H,6-7,9,11H2,1-5H3/b10-8+. The maximum Gasteiger partial charge on any atom is 0.306 e. The Bertz CT molecular complexity index is 221. The Morgan fingerprint density at radius 1 is 1.25 bits per heavy atom. The molecule has 0 aliphatic heterocycles. The summed E-state index contributed by atoms with van der Waals surface area (Å²) >= 11 is 0. The monoisotopic (exact) mass is 226 g/mol. The third-order valence-corrected chi connectivity index (χ3v) is 1.94. The zero-order valence-corrected chi connectivity index (χ0v) is 11.4. The van der Waals surface area contributed by atoms with Gasteiger partial charge in [0.1, 0.15) is 5.60 Å². The summed E-state index contributed by atoms with van der Waals surface area (Å²) in [6.45, 7) is 10.0. The molecule has 0 bridgehead atoms. The van der Waals surface area contributed by atoms with Crippen molar-refractivity contribution >= 4 is 5.97 Å². The fraction of sp³-hybridized carbons (Fsp3) is 0.786. The number of hydrogen-bond acceptors (Lipinski definition) is 2. The van der Waals surface area contributed by atoms with Crippen molar-refractivity contribution in [3.8, 4) is 0 Å². The highest BCUT2D eigenvalue weighted by atomic mass is 16.6. The summed E-state index contributed by atoms with van der Waals surface area (Å²) in [6, 6.07) is 0. The van der Waals surface area contributed by atoms with E-state index in [1.807, 2.05) is 20.8 Å². The highest BCUT2D eigenvalue weighted by molar-refractivity contribution is 5.69. The van der Waals surface area contributed by atoms with Crippen LogP contribution in [0.2, 0.25) is 0 Å². The molecule has 0 aromatic rings. The van der Waals surface area contributed by atoms with Crippen LogP contribution in [0.3, 0.4) is 0 Å². The van der Waals surface area contributed by atoms with E-state index in [0.29, 0.717) is 12.3 Å². The number of ether oxygens (including phenoxy) is 1. The van der Waals surface area contributed by atoms with Crippen LogP contribution in [0.4, 0.5) is 0 Å². The summed E-state index contributed by atoms with van der Waals surface area (Å²) in [7, 11) is 0. The molecule has 94 valence electrons. The summed E-state index contributed by atoms with van der Waals surface area (Å²) in [5.41, 5.74) is -0.353. The summed E-state index contributed by atoms with van der Waals surface area (Å²) in [6.07, 6.45) is 7.96. The van der Waals surface area contributed by atoms with Gasteiger partial charge in [-0.05, 0) is 46.0 Å². The van der Waals surface area contributed by atoms with Gasteiger partial charge in [0.15, 0.2) is 0 Å². The minimum absolute atomic E-state index is 0.0830. The van der Waals surface area contributed by atoms with E-state index in [1.54, 1.807) is 0 Å². The number of esters is 1. The third-order valence-electron chi connectivity index (χ3n) is 1.94. The molecule has 0 aliphatic rings. The summed E-state index contributed by atoms with van der Waals surface area (Å²) < 4.78 is 5.23. The van der Waals surface area contributed by atoms with Crippen molar-refractivity contribution in [2.45, 2.75) is 65.9 Å². The second-order valence-corrected chi connectivity index (χ2v) is 5.50. The van der Waals surface area contributed by atoms with Gasteiger partial charge in [0.25, 0.3) is 0 Å². The van der Waals surface area contributed by atoms with Crippen molar-refractivity contribution in [1.29, 1.82) is 0 Å². The first-order chi connectivity index (χ1) is 7.31. The minimum atomic E-state index is -0.353. The Hall–Kier alpha value is -0.790. The number of hydrogen-bond donors (Lipinski definition) is 0.